The monoisotopic (exact) mass is 333 g/mol. The van der Waals surface area contributed by atoms with Crippen molar-refractivity contribution < 1.29 is 19.2 Å². The molecular formula is C18H23NO5. The number of hydrogen-bond acceptors (Lipinski definition) is 5. The van der Waals surface area contributed by atoms with Gasteiger partial charge in [0.2, 0.25) is 0 Å². The lowest BCUT2D eigenvalue weighted by Gasteiger charge is -2.21. The van der Waals surface area contributed by atoms with Crippen LogP contribution in [0.1, 0.15) is 62.7 Å². The summed E-state index contributed by atoms with van der Waals surface area (Å²) in [6.07, 6.45) is 5.73. The standard InChI is InChI=1S/C18H23NO5/c1-3-4-5-11-18-15(10-12-17(18,2)24-18)23-16(20)13-6-8-14(9-7-13)19(21)22/h6-9,15H,3-5,10-12H2,1-2H3/t15-,17+,18-/m1/s1. The summed E-state index contributed by atoms with van der Waals surface area (Å²) in [7, 11) is 0. The molecule has 1 aliphatic heterocycles. The van der Waals surface area contributed by atoms with Crippen molar-refractivity contribution >= 4 is 11.7 Å². The van der Waals surface area contributed by atoms with Gasteiger partial charge in [0.15, 0.2) is 0 Å². The Morgan fingerprint density at radius 2 is 2.08 bits per heavy atom. The Morgan fingerprint density at radius 1 is 1.38 bits per heavy atom. The van der Waals surface area contributed by atoms with Gasteiger partial charge in [-0.1, -0.05) is 26.2 Å². The zero-order valence-electron chi connectivity index (χ0n) is 14.1. The second-order valence-corrected chi connectivity index (χ2v) is 6.92. The number of unbranched alkanes of at least 4 members (excludes halogenated alkanes) is 2. The molecule has 3 atom stereocenters. The van der Waals surface area contributed by atoms with Gasteiger partial charge in [0.05, 0.1) is 16.1 Å². The molecule has 1 aromatic carbocycles. The third kappa shape index (κ3) is 2.79. The molecule has 0 unspecified atom stereocenters. The molecule has 0 N–H and O–H groups in total. The zero-order chi connectivity index (χ0) is 17.4. The number of rotatable bonds is 7. The molecule has 6 heteroatoms. The van der Waals surface area contributed by atoms with E-state index in [-0.39, 0.29) is 23.0 Å². The Bertz CT molecular complexity index is 643. The SMILES string of the molecule is CCCCC[C@]12O[C@@]1(C)CC[C@H]2OC(=O)c1ccc([N+](=O)[O-])cc1. The quantitative estimate of drug-likeness (QED) is 0.247. The number of nitro benzene ring substituents is 1. The molecular weight excluding hydrogens is 310 g/mol. The molecule has 1 aromatic rings. The molecule has 24 heavy (non-hydrogen) atoms. The van der Waals surface area contributed by atoms with Crippen LogP contribution in [0.2, 0.25) is 0 Å². The smallest absolute Gasteiger partial charge is 0.338 e. The number of carbonyl (C=O) groups excluding carboxylic acids is 1. The lowest BCUT2D eigenvalue weighted by atomic mass is 9.90. The topological polar surface area (TPSA) is 82.0 Å². The highest BCUT2D eigenvalue weighted by Crippen LogP contribution is 2.62. The van der Waals surface area contributed by atoms with E-state index in [4.69, 9.17) is 9.47 Å². The average Bonchev–Trinajstić information content (AvgIpc) is 3.08. The van der Waals surface area contributed by atoms with Crippen LogP contribution < -0.4 is 0 Å². The predicted molar refractivity (Wildman–Crippen MR) is 87.9 cm³/mol. The summed E-state index contributed by atoms with van der Waals surface area (Å²) in [5.41, 5.74) is -0.208. The van der Waals surface area contributed by atoms with Crippen LogP contribution in [0.4, 0.5) is 5.69 Å². The fourth-order valence-corrected chi connectivity index (χ4v) is 3.87. The minimum absolute atomic E-state index is 0.0402. The largest absolute Gasteiger partial charge is 0.456 e. The van der Waals surface area contributed by atoms with Crippen LogP contribution in [0.25, 0.3) is 0 Å². The highest BCUT2D eigenvalue weighted by molar-refractivity contribution is 5.89. The fraction of sp³-hybridized carbons (Fsp3) is 0.611. The molecule has 2 aliphatic rings. The van der Waals surface area contributed by atoms with Gasteiger partial charge in [-0.25, -0.2) is 4.79 Å². The zero-order valence-corrected chi connectivity index (χ0v) is 14.1. The minimum atomic E-state index is -0.488. The van der Waals surface area contributed by atoms with Gasteiger partial charge in [-0.2, -0.15) is 0 Å². The van der Waals surface area contributed by atoms with Crippen molar-refractivity contribution in [2.24, 2.45) is 0 Å². The number of hydrogen-bond donors (Lipinski definition) is 0. The molecule has 0 amide bonds. The first-order chi connectivity index (χ1) is 11.4. The maximum atomic E-state index is 12.4. The van der Waals surface area contributed by atoms with E-state index in [9.17, 15) is 14.9 Å². The van der Waals surface area contributed by atoms with E-state index in [0.29, 0.717) is 5.56 Å². The summed E-state index contributed by atoms with van der Waals surface area (Å²) in [5, 5.41) is 10.7. The summed E-state index contributed by atoms with van der Waals surface area (Å²) in [6, 6.07) is 5.51. The van der Waals surface area contributed by atoms with Crippen LogP contribution in [-0.2, 0) is 9.47 Å². The first kappa shape index (κ1) is 16.9. The Kier molecular flexibility index (Phi) is 4.34. The number of nitro groups is 1. The van der Waals surface area contributed by atoms with Crippen molar-refractivity contribution in [3.8, 4) is 0 Å². The van der Waals surface area contributed by atoms with Crippen LogP contribution in [0.3, 0.4) is 0 Å². The van der Waals surface area contributed by atoms with Crippen LogP contribution in [0.5, 0.6) is 0 Å². The number of non-ortho nitro benzene ring substituents is 1. The molecule has 1 saturated carbocycles. The number of esters is 1. The molecule has 130 valence electrons. The van der Waals surface area contributed by atoms with Gasteiger partial charge in [0.25, 0.3) is 5.69 Å². The lowest BCUT2D eigenvalue weighted by Crippen LogP contribution is -2.34. The van der Waals surface area contributed by atoms with Crippen LogP contribution in [-0.4, -0.2) is 28.2 Å². The Hall–Kier alpha value is -1.95. The van der Waals surface area contributed by atoms with E-state index < -0.39 is 10.9 Å². The van der Waals surface area contributed by atoms with E-state index in [2.05, 4.69) is 13.8 Å². The third-order valence-corrected chi connectivity index (χ3v) is 5.38. The maximum Gasteiger partial charge on any atom is 0.338 e. The Morgan fingerprint density at radius 3 is 2.67 bits per heavy atom. The molecule has 6 nitrogen and oxygen atoms in total. The molecule has 0 bridgehead atoms. The van der Waals surface area contributed by atoms with Crippen molar-refractivity contribution in [1.29, 1.82) is 0 Å². The van der Waals surface area contributed by atoms with Crippen molar-refractivity contribution in [1.82, 2.24) is 0 Å². The second kappa shape index (κ2) is 6.16. The Labute approximate surface area is 141 Å². The van der Waals surface area contributed by atoms with Gasteiger partial charge in [-0.05, 0) is 38.3 Å². The summed E-state index contributed by atoms with van der Waals surface area (Å²) >= 11 is 0. The fourth-order valence-electron chi connectivity index (χ4n) is 3.87. The number of epoxide rings is 1. The number of benzene rings is 1. The molecule has 3 rings (SSSR count). The minimum Gasteiger partial charge on any atom is -0.456 e. The molecule has 0 radical (unpaired) electrons. The van der Waals surface area contributed by atoms with Crippen molar-refractivity contribution in [3.05, 3.63) is 39.9 Å². The first-order valence-electron chi connectivity index (χ1n) is 8.57. The highest BCUT2D eigenvalue weighted by Gasteiger charge is 2.74. The van der Waals surface area contributed by atoms with E-state index in [1.54, 1.807) is 0 Å². The molecule has 1 saturated heterocycles. The normalized spacial score (nSPS) is 30.7. The van der Waals surface area contributed by atoms with E-state index >= 15 is 0 Å². The van der Waals surface area contributed by atoms with Crippen molar-refractivity contribution in [2.45, 2.75) is 69.7 Å². The van der Waals surface area contributed by atoms with Gasteiger partial charge >= 0.3 is 5.97 Å². The molecule has 1 heterocycles. The summed E-state index contributed by atoms with van der Waals surface area (Å²) < 4.78 is 11.7. The molecule has 2 fully saturated rings. The van der Waals surface area contributed by atoms with Crippen molar-refractivity contribution in [2.75, 3.05) is 0 Å². The molecule has 1 aliphatic carbocycles. The van der Waals surface area contributed by atoms with Gasteiger partial charge in [-0.3, -0.25) is 10.1 Å². The molecule has 0 aromatic heterocycles. The van der Waals surface area contributed by atoms with E-state index in [0.717, 1.165) is 38.5 Å². The Balaban J connectivity index is 1.66. The van der Waals surface area contributed by atoms with Crippen molar-refractivity contribution in [3.63, 3.8) is 0 Å². The lowest BCUT2D eigenvalue weighted by molar-refractivity contribution is -0.384. The summed E-state index contributed by atoms with van der Waals surface area (Å²) in [6.45, 7) is 4.25. The third-order valence-electron chi connectivity index (χ3n) is 5.38. The van der Waals surface area contributed by atoms with Crippen LogP contribution >= 0.6 is 0 Å². The van der Waals surface area contributed by atoms with E-state index in [1.165, 1.54) is 24.3 Å². The van der Waals surface area contributed by atoms with Crippen LogP contribution in [0.15, 0.2) is 24.3 Å². The van der Waals surface area contributed by atoms with E-state index in [1.807, 2.05) is 0 Å². The number of carbonyl (C=O) groups is 1. The highest BCUT2D eigenvalue weighted by atomic mass is 16.7. The van der Waals surface area contributed by atoms with Gasteiger partial charge in [0, 0.05) is 12.1 Å². The maximum absolute atomic E-state index is 12.4. The number of ether oxygens (including phenoxy) is 2. The van der Waals surface area contributed by atoms with Crippen LogP contribution in [0, 0.1) is 10.1 Å². The summed E-state index contributed by atoms with van der Waals surface area (Å²) in [5.74, 6) is -0.440. The average molecular weight is 333 g/mol. The van der Waals surface area contributed by atoms with Gasteiger partial charge in [-0.15, -0.1) is 0 Å². The number of nitrogens with zero attached hydrogens (tertiary/aromatic N) is 1. The summed E-state index contributed by atoms with van der Waals surface area (Å²) in [4.78, 5) is 22.6. The second-order valence-electron chi connectivity index (χ2n) is 6.92. The first-order valence-corrected chi connectivity index (χ1v) is 8.57. The number of fused-ring (bicyclic) bond motifs is 1. The predicted octanol–water partition coefficient (Wildman–Crippen LogP) is 4.02. The van der Waals surface area contributed by atoms with Gasteiger partial charge in [0.1, 0.15) is 11.7 Å². The van der Waals surface area contributed by atoms with Gasteiger partial charge < -0.3 is 9.47 Å². The molecule has 0 spiro atoms.